The summed E-state index contributed by atoms with van der Waals surface area (Å²) in [7, 11) is 0. The summed E-state index contributed by atoms with van der Waals surface area (Å²) >= 11 is 0. The van der Waals surface area contributed by atoms with Crippen LogP contribution in [0.25, 0.3) is 0 Å². The van der Waals surface area contributed by atoms with Crippen molar-refractivity contribution < 1.29 is 4.39 Å². The summed E-state index contributed by atoms with van der Waals surface area (Å²) in [6.07, 6.45) is 0.967. The second-order valence-corrected chi connectivity index (χ2v) is 2.61. The van der Waals surface area contributed by atoms with Gasteiger partial charge in [-0.2, -0.15) is 0 Å². The average molecular weight is 161 g/mol. The van der Waals surface area contributed by atoms with E-state index in [4.69, 9.17) is 0 Å². The summed E-state index contributed by atoms with van der Waals surface area (Å²) in [6, 6.07) is 0. The highest BCUT2D eigenvalue weighted by molar-refractivity contribution is 4.69. The van der Waals surface area contributed by atoms with Gasteiger partial charge in [-0.05, 0) is 19.4 Å². The van der Waals surface area contributed by atoms with E-state index in [0.717, 1.165) is 32.5 Å². The molecule has 1 rings (SSSR count). The standard InChI is InChI=1S/C7H14FN.C2H6/c1-2-9-5-3-7(8)4-6-9;1-2/h7H,2-6H2,1H3;1-2H3. The molecule has 1 fully saturated rings. The van der Waals surface area contributed by atoms with Crippen LogP contribution in [0.3, 0.4) is 0 Å². The van der Waals surface area contributed by atoms with Crippen LogP contribution >= 0.6 is 0 Å². The van der Waals surface area contributed by atoms with Gasteiger partial charge in [0.05, 0.1) is 0 Å². The first kappa shape index (κ1) is 10.9. The zero-order chi connectivity index (χ0) is 8.69. The molecule has 0 unspecified atom stereocenters. The molecule has 0 aromatic carbocycles. The topological polar surface area (TPSA) is 3.24 Å². The Bertz CT molecular complexity index is 77.6. The van der Waals surface area contributed by atoms with E-state index in [9.17, 15) is 4.39 Å². The summed E-state index contributed by atoms with van der Waals surface area (Å²) < 4.78 is 12.5. The number of piperidine rings is 1. The van der Waals surface area contributed by atoms with Gasteiger partial charge in [0, 0.05) is 13.1 Å². The van der Waals surface area contributed by atoms with Crippen molar-refractivity contribution in [3.63, 3.8) is 0 Å². The number of hydrogen-bond donors (Lipinski definition) is 0. The molecular weight excluding hydrogens is 141 g/mol. The third-order valence-corrected chi connectivity index (χ3v) is 1.96. The summed E-state index contributed by atoms with van der Waals surface area (Å²) in [5, 5.41) is 0. The molecule has 0 aliphatic carbocycles. The molecule has 1 saturated heterocycles. The number of likely N-dealkylation sites (tertiary alicyclic amines) is 1. The third kappa shape index (κ3) is 4.35. The Labute approximate surface area is 69.6 Å². The maximum atomic E-state index is 12.5. The Morgan fingerprint density at radius 1 is 1.27 bits per heavy atom. The molecule has 0 aromatic heterocycles. The maximum Gasteiger partial charge on any atom is 0.103 e. The molecule has 0 atom stereocenters. The van der Waals surface area contributed by atoms with Crippen LogP contribution in [0.15, 0.2) is 0 Å². The van der Waals surface area contributed by atoms with Gasteiger partial charge in [0.15, 0.2) is 0 Å². The van der Waals surface area contributed by atoms with Crippen molar-refractivity contribution in [3.8, 4) is 0 Å². The second kappa shape index (κ2) is 6.59. The van der Waals surface area contributed by atoms with Crippen molar-refractivity contribution in [1.29, 1.82) is 0 Å². The first-order valence-electron chi connectivity index (χ1n) is 4.69. The highest BCUT2D eigenvalue weighted by Gasteiger charge is 2.15. The second-order valence-electron chi connectivity index (χ2n) is 2.61. The van der Waals surface area contributed by atoms with Gasteiger partial charge in [0.25, 0.3) is 0 Å². The molecule has 1 aliphatic heterocycles. The quantitative estimate of drug-likeness (QED) is 0.571. The molecule has 0 N–H and O–H groups in total. The molecule has 0 amide bonds. The molecule has 1 aliphatic rings. The minimum absolute atomic E-state index is 0.521. The van der Waals surface area contributed by atoms with E-state index in [0.29, 0.717) is 0 Å². The monoisotopic (exact) mass is 161 g/mol. The Hall–Kier alpha value is -0.110. The molecule has 68 valence electrons. The Morgan fingerprint density at radius 3 is 2.09 bits per heavy atom. The van der Waals surface area contributed by atoms with Crippen molar-refractivity contribution in [1.82, 2.24) is 4.90 Å². The lowest BCUT2D eigenvalue weighted by Gasteiger charge is -2.26. The van der Waals surface area contributed by atoms with Crippen LogP contribution in [0.4, 0.5) is 4.39 Å². The summed E-state index contributed by atoms with van der Waals surface area (Å²) in [5.74, 6) is 0. The van der Waals surface area contributed by atoms with E-state index < -0.39 is 6.17 Å². The Kier molecular flexibility index (Phi) is 6.52. The first-order chi connectivity index (χ1) is 5.33. The van der Waals surface area contributed by atoms with Gasteiger partial charge in [-0.15, -0.1) is 0 Å². The molecule has 0 radical (unpaired) electrons. The number of alkyl halides is 1. The maximum absolute atomic E-state index is 12.5. The normalized spacial score (nSPS) is 20.7. The third-order valence-electron chi connectivity index (χ3n) is 1.96. The lowest BCUT2D eigenvalue weighted by molar-refractivity contribution is 0.156. The number of rotatable bonds is 1. The first-order valence-corrected chi connectivity index (χ1v) is 4.69. The average Bonchev–Trinajstić information content (AvgIpc) is 2.10. The Balaban J connectivity index is 0.000000461. The van der Waals surface area contributed by atoms with Crippen LogP contribution in [0, 0.1) is 0 Å². The van der Waals surface area contributed by atoms with Crippen LogP contribution in [0.5, 0.6) is 0 Å². The predicted octanol–water partition coefficient (Wildman–Crippen LogP) is 2.47. The van der Waals surface area contributed by atoms with Gasteiger partial charge in [-0.1, -0.05) is 20.8 Å². The lowest BCUT2D eigenvalue weighted by atomic mass is 10.1. The summed E-state index contributed by atoms with van der Waals surface area (Å²) in [4.78, 5) is 2.29. The summed E-state index contributed by atoms with van der Waals surface area (Å²) in [6.45, 7) is 9.11. The van der Waals surface area contributed by atoms with Crippen LogP contribution < -0.4 is 0 Å². The van der Waals surface area contributed by atoms with E-state index in [2.05, 4.69) is 11.8 Å². The highest BCUT2D eigenvalue weighted by Crippen LogP contribution is 2.11. The lowest BCUT2D eigenvalue weighted by Crippen LogP contribution is -2.33. The fraction of sp³-hybridized carbons (Fsp3) is 1.00. The minimum Gasteiger partial charge on any atom is -0.303 e. The van der Waals surface area contributed by atoms with E-state index in [1.54, 1.807) is 0 Å². The van der Waals surface area contributed by atoms with Crippen molar-refractivity contribution in [2.45, 2.75) is 39.8 Å². The number of nitrogens with zero attached hydrogens (tertiary/aromatic N) is 1. The van der Waals surface area contributed by atoms with Gasteiger partial charge in [-0.25, -0.2) is 4.39 Å². The van der Waals surface area contributed by atoms with Gasteiger partial charge in [0.2, 0.25) is 0 Å². The van der Waals surface area contributed by atoms with E-state index in [-0.39, 0.29) is 0 Å². The minimum atomic E-state index is -0.521. The van der Waals surface area contributed by atoms with Crippen LogP contribution in [0.1, 0.15) is 33.6 Å². The van der Waals surface area contributed by atoms with Gasteiger partial charge in [0.1, 0.15) is 6.17 Å². The molecule has 0 spiro atoms. The largest absolute Gasteiger partial charge is 0.303 e. The molecule has 2 heteroatoms. The zero-order valence-corrected chi connectivity index (χ0v) is 7.94. The fourth-order valence-corrected chi connectivity index (χ4v) is 1.22. The fourth-order valence-electron chi connectivity index (χ4n) is 1.22. The molecule has 0 aromatic rings. The van der Waals surface area contributed by atoms with Gasteiger partial charge in [-0.3, -0.25) is 0 Å². The molecule has 11 heavy (non-hydrogen) atoms. The van der Waals surface area contributed by atoms with Gasteiger partial charge >= 0.3 is 0 Å². The van der Waals surface area contributed by atoms with Crippen molar-refractivity contribution >= 4 is 0 Å². The number of hydrogen-bond acceptors (Lipinski definition) is 1. The van der Waals surface area contributed by atoms with Crippen molar-refractivity contribution in [2.24, 2.45) is 0 Å². The number of halogens is 1. The van der Waals surface area contributed by atoms with Crippen molar-refractivity contribution in [3.05, 3.63) is 0 Å². The summed E-state index contributed by atoms with van der Waals surface area (Å²) in [5.41, 5.74) is 0. The van der Waals surface area contributed by atoms with Crippen LogP contribution in [-0.4, -0.2) is 30.7 Å². The molecular formula is C9H20FN. The molecule has 1 nitrogen and oxygen atoms in total. The van der Waals surface area contributed by atoms with E-state index in [1.165, 1.54) is 0 Å². The SMILES string of the molecule is CC.CCN1CCC(F)CC1. The van der Waals surface area contributed by atoms with E-state index in [1.807, 2.05) is 13.8 Å². The molecule has 0 bridgehead atoms. The smallest absolute Gasteiger partial charge is 0.103 e. The van der Waals surface area contributed by atoms with Gasteiger partial charge < -0.3 is 4.90 Å². The van der Waals surface area contributed by atoms with E-state index >= 15 is 0 Å². The van der Waals surface area contributed by atoms with Crippen LogP contribution in [-0.2, 0) is 0 Å². The molecule has 0 saturated carbocycles. The highest BCUT2D eigenvalue weighted by atomic mass is 19.1. The molecule has 1 heterocycles. The zero-order valence-electron chi connectivity index (χ0n) is 7.94. The van der Waals surface area contributed by atoms with Crippen molar-refractivity contribution in [2.75, 3.05) is 19.6 Å². The predicted molar refractivity (Wildman–Crippen MR) is 47.6 cm³/mol. The van der Waals surface area contributed by atoms with Crippen LogP contribution in [0.2, 0.25) is 0 Å². The Morgan fingerprint density at radius 2 is 1.73 bits per heavy atom.